The van der Waals surface area contributed by atoms with Crippen LogP contribution in [0.2, 0.25) is 0 Å². The molecule has 156 valence electrons. The van der Waals surface area contributed by atoms with E-state index in [-0.39, 0.29) is 17.3 Å². The summed E-state index contributed by atoms with van der Waals surface area (Å²) in [5.41, 5.74) is 0.983. The number of halogens is 5. The van der Waals surface area contributed by atoms with Gasteiger partial charge in [0.1, 0.15) is 6.10 Å². The van der Waals surface area contributed by atoms with Gasteiger partial charge in [-0.2, -0.15) is 5.10 Å². The Morgan fingerprint density at radius 1 is 1.21 bits per heavy atom. The lowest BCUT2D eigenvalue weighted by Crippen LogP contribution is -2.43. The summed E-state index contributed by atoms with van der Waals surface area (Å²) in [6, 6.07) is 1.74. The minimum absolute atomic E-state index is 0.0155. The zero-order chi connectivity index (χ0) is 20.9. The third-order valence-electron chi connectivity index (χ3n) is 5.40. The molecule has 0 atom stereocenters. The van der Waals surface area contributed by atoms with Crippen molar-refractivity contribution in [3.05, 3.63) is 35.1 Å². The second kappa shape index (κ2) is 7.00. The van der Waals surface area contributed by atoms with Crippen LogP contribution in [0, 0.1) is 17.5 Å². The van der Waals surface area contributed by atoms with Crippen molar-refractivity contribution in [2.24, 2.45) is 7.05 Å². The Balaban J connectivity index is 1.64. The molecule has 1 heterocycles. The average Bonchev–Trinajstić information content (AvgIpc) is 2.84. The van der Waals surface area contributed by atoms with Crippen molar-refractivity contribution in [2.75, 3.05) is 5.32 Å². The van der Waals surface area contributed by atoms with Gasteiger partial charge in [-0.05, 0) is 30.9 Å². The molecule has 4 rings (SSSR count). The first-order valence-electron chi connectivity index (χ1n) is 9.22. The highest BCUT2D eigenvalue weighted by atomic mass is 19.3. The maximum Gasteiger partial charge on any atom is 0.413 e. The number of amides is 1. The van der Waals surface area contributed by atoms with Crippen LogP contribution in [0.1, 0.15) is 43.6 Å². The van der Waals surface area contributed by atoms with Crippen molar-refractivity contribution in [3.63, 3.8) is 0 Å². The van der Waals surface area contributed by atoms with Crippen molar-refractivity contribution in [1.29, 1.82) is 0 Å². The molecule has 2 saturated carbocycles. The maximum atomic E-state index is 13.8. The largest absolute Gasteiger partial charge is 0.445 e. The Bertz CT molecular complexity index is 940. The monoisotopic (exact) mass is 415 g/mol. The lowest BCUT2D eigenvalue weighted by Gasteiger charge is -2.34. The maximum absolute atomic E-state index is 13.8. The van der Waals surface area contributed by atoms with Crippen LogP contribution < -0.4 is 5.32 Å². The standard InChI is InChI=1S/C19H18F5N3O2/c1-27-16(10-5-12(20)15(22)13(21)6-10)14(9-3-2-4-9)17(26-27)25-18(28)29-11-7-19(23,24)8-11/h5-6,9,11H,2-4,7-8H2,1H3,(H,25,26,28). The number of nitrogens with zero attached hydrogens (tertiary/aromatic N) is 2. The van der Waals surface area contributed by atoms with Gasteiger partial charge in [0, 0.05) is 31.0 Å². The number of ether oxygens (including phenoxy) is 1. The van der Waals surface area contributed by atoms with E-state index in [1.807, 2.05) is 0 Å². The first-order chi connectivity index (χ1) is 13.6. The molecule has 2 aliphatic carbocycles. The second-order valence-electron chi connectivity index (χ2n) is 7.53. The number of anilines is 1. The van der Waals surface area contributed by atoms with Crippen molar-refractivity contribution in [2.45, 2.75) is 50.0 Å². The Kier molecular flexibility index (Phi) is 4.74. The smallest absolute Gasteiger partial charge is 0.413 e. The number of aromatic nitrogens is 2. The number of aryl methyl sites for hydroxylation is 1. The van der Waals surface area contributed by atoms with E-state index in [4.69, 9.17) is 4.74 Å². The number of alkyl halides is 2. The van der Waals surface area contributed by atoms with Gasteiger partial charge in [0.2, 0.25) is 0 Å². The lowest BCUT2D eigenvalue weighted by atomic mass is 9.79. The molecule has 0 spiro atoms. The highest BCUT2D eigenvalue weighted by molar-refractivity contribution is 5.87. The van der Waals surface area contributed by atoms with Crippen LogP contribution in [0.15, 0.2) is 12.1 Å². The number of carbonyl (C=O) groups is 1. The molecular formula is C19H18F5N3O2. The number of benzene rings is 1. The Hall–Kier alpha value is -2.65. The summed E-state index contributed by atoms with van der Waals surface area (Å²) in [7, 11) is 1.53. The van der Waals surface area contributed by atoms with Gasteiger partial charge in [-0.1, -0.05) is 6.42 Å². The fourth-order valence-corrected chi connectivity index (χ4v) is 3.72. The van der Waals surface area contributed by atoms with Crippen LogP contribution in [0.25, 0.3) is 11.3 Å². The predicted octanol–water partition coefficient (Wildman–Crippen LogP) is 5.12. The first-order valence-corrected chi connectivity index (χ1v) is 9.22. The lowest BCUT2D eigenvalue weighted by molar-refractivity contribution is -0.142. The van der Waals surface area contributed by atoms with Gasteiger partial charge >= 0.3 is 6.09 Å². The van der Waals surface area contributed by atoms with Gasteiger partial charge in [-0.15, -0.1) is 0 Å². The van der Waals surface area contributed by atoms with E-state index in [9.17, 15) is 26.7 Å². The molecule has 0 aliphatic heterocycles. The van der Waals surface area contributed by atoms with Crippen LogP contribution in [-0.2, 0) is 11.8 Å². The average molecular weight is 415 g/mol. The zero-order valence-corrected chi connectivity index (χ0v) is 15.4. The molecule has 1 amide bonds. The number of hydrogen-bond donors (Lipinski definition) is 1. The van der Waals surface area contributed by atoms with Gasteiger partial charge < -0.3 is 4.74 Å². The molecule has 1 aromatic carbocycles. The molecule has 0 radical (unpaired) electrons. The van der Waals surface area contributed by atoms with Crippen molar-refractivity contribution < 1.29 is 31.5 Å². The summed E-state index contributed by atoms with van der Waals surface area (Å²) >= 11 is 0. The fourth-order valence-electron chi connectivity index (χ4n) is 3.72. The molecule has 10 heteroatoms. The molecule has 0 saturated heterocycles. The Morgan fingerprint density at radius 2 is 1.83 bits per heavy atom. The molecule has 0 bridgehead atoms. The predicted molar refractivity (Wildman–Crippen MR) is 93.2 cm³/mol. The quantitative estimate of drug-likeness (QED) is 0.557. The number of rotatable bonds is 4. The minimum atomic E-state index is -2.82. The third-order valence-corrected chi connectivity index (χ3v) is 5.40. The van der Waals surface area contributed by atoms with Gasteiger partial charge in [-0.25, -0.2) is 26.7 Å². The summed E-state index contributed by atoms with van der Waals surface area (Å²) in [5.74, 6) is -6.94. The van der Waals surface area contributed by atoms with E-state index in [1.165, 1.54) is 11.7 Å². The molecule has 5 nitrogen and oxygen atoms in total. The van der Waals surface area contributed by atoms with E-state index in [0.717, 1.165) is 31.4 Å². The first kappa shape index (κ1) is 19.7. The molecular weight excluding hydrogens is 397 g/mol. The summed E-state index contributed by atoms with van der Waals surface area (Å²) in [4.78, 5) is 12.1. The third kappa shape index (κ3) is 3.67. The topological polar surface area (TPSA) is 56.2 Å². The normalized spacial score (nSPS) is 18.8. The van der Waals surface area contributed by atoms with Crippen LogP contribution >= 0.6 is 0 Å². The molecule has 2 aliphatic rings. The Labute approximate surface area is 162 Å². The second-order valence-corrected chi connectivity index (χ2v) is 7.53. The summed E-state index contributed by atoms with van der Waals surface area (Å²) in [6.07, 6.45) is -0.360. The van der Waals surface area contributed by atoms with E-state index in [2.05, 4.69) is 10.4 Å². The Morgan fingerprint density at radius 3 is 2.34 bits per heavy atom. The van der Waals surface area contributed by atoms with E-state index in [1.54, 1.807) is 0 Å². The number of carbonyl (C=O) groups excluding carboxylic acids is 1. The highest BCUT2D eigenvalue weighted by Gasteiger charge is 2.47. The van der Waals surface area contributed by atoms with E-state index < -0.39 is 48.4 Å². The zero-order valence-electron chi connectivity index (χ0n) is 15.4. The molecule has 0 unspecified atom stereocenters. The summed E-state index contributed by atoms with van der Waals surface area (Å²) in [6.45, 7) is 0. The van der Waals surface area contributed by atoms with Crippen molar-refractivity contribution in [3.8, 4) is 11.3 Å². The van der Waals surface area contributed by atoms with Crippen molar-refractivity contribution >= 4 is 11.9 Å². The number of hydrogen-bond acceptors (Lipinski definition) is 3. The molecule has 2 fully saturated rings. The SMILES string of the molecule is Cn1nc(NC(=O)OC2CC(F)(F)C2)c(C2CCC2)c1-c1cc(F)c(F)c(F)c1. The van der Waals surface area contributed by atoms with Crippen molar-refractivity contribution in [1.82, 2.24) is 9.78 Å². The van der Waals surface area contributed by atoms with Crippen LogP contribution in [0.5, 0.6) is 0 Å². The van der Waals surface area contributed by atoms with Crippen LogP contribution in [-0.4, -0.2) is 27.9 Å². The fraction of sp³-hybridized carbons (Fsp3) is 0.474. The van der Waals surface area contributed by atoms with E-state index >= 15 is 0 Å². The molecule has 29 heavy (non-hydrogen) atoms. The van der Waals surface area contributed by atoms with Crippen LogP contribution in [0.4, 0.5) is 32.6 Å². The molecule has 1 N–H and O–H groups in total. The van der Waals surface area contributed by atoms with Gasteiger partial charge in [0.15, 0.2) is 23.3 Å². The van der Waals surface area contributed by atoms with Gasteiger partial charge in [0.05, 0.1) is 5.69 Å². The van der Waals surface area contributed by atoms with Gasteiger partial charge in [0.25, 0.3) is 5.92 Å². The highest BCUT2D eigenvalue weighted by Crippen LogP contribution is 2.45. The summed E-state index contributed by atoms with van der Waals surface area (Å²) in [5, 5.41) is 6.67. The number of nitrogens with one attached hydrogen (secondary N) is 1. The van der Waals surface area contributed by atoms with Crippen LogP contribution in [0.3, 0.4) is 0 Å². The molecule has 1 aromatic heterocycles. The minimum Gasteiger partial charge on any atom is -0.445 e. The summed E-state index contributed by atoms with van der Waals surface area (Å²) < 4.78 is 73.0. The molecule has 2 aromatic rings. The van der Waals surface area contributed by atoms with E-state index in [0.29, 0.717) is 11.3 Å². The van der Waals surface area contributed by atoms with Gasteiger partial charge in [-0.3, -0.25) is 10.00 Å².